The van der Waals surface area contributed by atoms with Crippen LogP contribution in [0.25, 0.3) is 0 Å². The van der Waals surface area contributed by atoms with Crippen LogP contribution in [-0.4, -0.2) is 14.8 Å². The second-order valence-electron chi connectivity index (χ2n) is 3.13. The van der Waals surface area contributed by atoms with Gasteiger partial charge in [0.25, 0.3) is 0 Å². The van der Waals surface area contributed by atoms with Crippen molar-refractivity contribution in [1.29, 1.82) is 0 Å². The third-order valence-corrected chi connectivity index (χ3v) is 2.01. The molecule has 0 aliphatic carbocycles. The van der Waals surface area contributed by atoms with E-state index < -0.39 is 0 Å². The van der Waals surface area contributed by atoms with Gasteiger partial charge in [0, 0.05) is 6.04 Å². The lowest BCUT2D eigenvalue weighted by Gasteiger charge is -2.19. The Morgan fingerprint density at radius 2 is 1.82 bits per heavy atom. The van der Waals surface area contributed by atoms with Gasteiger partial charge in [-0.05, 0) is 12.3 Å². The molecule has 0 fully saturated rings. The molecule has 0 amide bonds. The maximum absolute atomic E-state index is 3.79. The van der Waals surface area contributed by atoms with Crippen molar-refractivity contribution in [2.45, 2.75) is 33.2 Å². The number of aromatic nitrogens is 3. The Morgan fingerprint density at radius 1 is 1.27 bits per heavy atom. The molecule has 1 unspecified atom stereocenters. The monoisotopic (exact) mass is 153 g/mol. The standard InChI is InChI=1S/C8H15N3/c1-4-8(7(2)3)11-5-9-10-6-11/h5-8H,4H2,1-3H3. The summed E-state index contributed by atoms with van der Waals surface area (Å²) in [6.07, 6.45) is 4.71. The smallest absolute Gasteiger partial charge is 0.119 e. The van der Waals surface area contributed by atoms with Gasteiger partial charge in [0.15, 0.2) is 0 Å². The Kier molecular flexibility index (Phi) is 2.63. The van der Waals surface area contributed by atoms with Crippen LogP contribution in [0.2, 0.25) is 0 Å². The lowest BCUT2D eigenvalue weighted by atomic mass is 10.0. The first-order valence-corrected chi connectivity index (χ1v) is 4.09. The summed E-state index contributed by atoms with van der Waals surface area (Å²) in [6, 6.07) is 0.546. The van der Waals surface area contributed by atoms with Crippen LogP contribution < -0.4 is 0 Å². The molecular weight excluding hydrogens is 138 g/mol. The third kappa shape index (κ3) is 1.79. The zero-order valence-electron chi connectivity index (χ0n) is 7.36. The molecule has 1 rings (SSSR count). The van der Waals surface area contributed by atoms with Gasteiger partial charge >= 0.3 is 0 Å². The van der Waals surface area contributed by atoms with Crippen molar-refractivity contribution < 1.29 is 0 Å². The van der Waals surface area contributed by atoms with Gasteiger partial charge in [0.1, 0.15) is 12.7 Å². The highest BCUT2D eigenvalue weighted by molar-refractivity contribution is 4.73. The second kappa shape index (κ2) is 3.51. The average molecular weight is 153 g/mol. The number of nitrogens with zero attached hydrogens (tertiary/aromatic N) is 3. The summed E-state index contributed by atoms with van der Waals surface area (Å²) in [4.78, 5) is 0. The van der Waals surface area contributed by atoms with Crippen molar-refractivity contribution in [2.75, 3.05) is 0 Å². The normalized spacial score (nSPS) is 13.8. The van der Waals surface area contributed by atoms with Gasteiger partial charge in [0.2, 0.25) is 0 Å². The molecule has 0 bridgehead atoms. The molecule has 11 heavy (non-hydrogen) atoms. The Balaban J connectivity index is 2.71. The molecule has 1 aromatic heterocycles. The van der Waals surface area contributed by atoms with Crippen molar-refractivity contribution in [3.8, 4) is 0 Å². The summed E-state index contributed by atoms with van der Waals surface area (Å²) < 4.78 is 2.07. The fourth-order valence-electron chi connectivity index (χ4n) is 1.41. The van der Waals surface area contributed by atoms with E-state index in [0.29, 0.717) is 12.0 Å². The van der Waals surface area contributed by atoms with Gasteiger partial charge in [-0.25, -0.2) is 0 Å². The maximum atomic E-state index is 3.79. The number of rotatable bonds is 3. The molecular formula is C8H15N3. The number of hydrogen-bond acceptors (Lipinski definition) is 2. The third-order valence-electron chi connectivity index (χ3n) is 2.01. The Labute approximate surface area is 67.4 Å². The molecule has 0 saturated heterocycles. The molecule has 1 atom stereocenters. The minimum atomic E-state index is 0.546. The van der Waals surface area contributed by atoms with E-state index in [1.54, 1.807) is 12.7 Å². The quantitative estimate of drug-likeness (QED) is 0.663. The van der Waals surface area contributed by atoms with E-state index in [1.807, 2.05) is 0 Å². The molecule has 0 aliphatic rings. The molecule has 3 heteroatoms. The number of hydrogen-bond donors (Lipinski definition) is 0. The summed E-state index contributed by atoms with van der Waals surface area (Å²) in [5.41, 5.74) is 0. The summed E-state index contributed by atoms with van der Waals surface area (Å²) in [6.45, 7) is 6.62. The van der Waals surface area contributed by atoms with Gasteiger partial charge in [-0.2, -0.15) is 0 Å². The molecule has 3 nitrogen and oxygen atoms in total. The van der Waals surface area contributed by atoms with Gasteiger partial charge in [-0.1, -0.05) is 20.8 Å². The summed E-state index contributed by atoms with van der Waals surface area (Å²) in [5.74, 6) is 0.649. The van der Waals surface area contributed by atoms with E-state index in [9.17, 15) is 0 Å². The first-order chi connectivity index (χ1) is 5.25. The largest absolute Gasteiger partial charge is 0.317 e. The van der Waals surface area contributed by atoms with Crippen LogP contribution in [-0.2, 0) is 0 Å². The molecule has 62 valence electrons. The van der Waals surface area contributed by atoms with E-state index in [-0.39, 0.29) is 0 Å². The van der Waals surface area contributed by atoms with Gasteiger partial charge < -0.3 is 4.57 Å². The average Bonchev–Trinajstić information content (AvgIpc) is 2.40. The van der Waals surface area contributed by atoms with E-state index in [0.717, 1.165) is 6.42 Å². The molecule has 0 saturated carbocycles. The zero-order chi connectivity index (χ0) is 8.27. The van der Waals surface area contributed by atoms with Crippen LogP contribution in [0.3, 0.4) is 0 Å². The van der Waals surface area contributed by atoms with Crippen LogP contribution in [0.1, 0.15) is 33.2 Å². The van der Waals surface area contributed by atoms with Crippen molar-refractivity contribution in [3.05, 3.63) is 12.7 Å². The minimum Gasteiger partial charge on any atom is -0.317 e. The van der Waals surface area contributed by atoms with E-state index in [2.05, 4.69) is 35.5 Å². The predicted octanol–water partition coefficient (Wildman–Crippen LogP) is 1.89. The summed E-state index contributed by atoms with van der Waals surface area (Å²) >= 11 is 0. The van der Waals surface area contributed by atoms with Gasteiger partial charge in [-0.15, -0.1) is 10.2 Å². The topological polar surface area (TPSA) is 30.7 Å². The first kappa shape index (κ1) is 8.24. The van der Waals surface area contributed by atoms with Gasteiger partial charge in [0.05, 0.1) is 0 Å². The van der Waals surface area contributed by atoms with Crippen molar-refractivity contribution in [2.24, 2.45) is 5.92 Å². The highest BCUT2D eigenvalue weighted by atomic mass is 15.2. The van der Waals surface area contributed by atoms with Crippen LogP contribution in [0.4, 0.5) is 0 Å². The lowest BCUT2D eigenvalue weighted by molar-refractivity contribution is 0.364. The molecule has 1 aromatic rings. The molecule has 1 heterocycles. The molecule has 0 spiro atoms. The Morgan fingerprint density at radius 3 is 2.18 bits per heavy atom. The molecule has 0 aliphatic heterocycles. The zero-order valence-corrected chi connectivity index (χ0v) is 7.36. The van der Waals surface area contributed by atoms with Crippen molar-refractivity contribution >= 4 is 0 Å². The SMILES string of the molecule is CCC(C(C)C)n1cnnc1. The summed E-state index contributed by atoms with van der Waals surface area (Å²) in [7, 11) is 0. The van der Waals surface area contributed by atoms with Crippen molar-refractivity contribution in [3.63, 3.8) is 0 Å². The fraction of sp³-hybridized carbons (Fsp3) is 0.750. The van der Waals surface area contributed by atoms with Crippen LogP contribution in [0.15, 0.2) is 12.7 Å². The first-order valence-electron chi connectivity index (χ1n) is 4.09. The lowest BCUT2D eigenvalue weighted by Crippen LogP contribution is -2.12. The second-order valence-corrected chi connectivity index (χ2v) is 3.13. The van der Waals surface area contributed by atoms with E-state index in [4.69, 9.17) is 0 Å². The molecule has 0 N–H and O–H groups in total. The summed E-state index contributed by atoms with van der Waals surface area (Å²) in [5, 5.41) is 7.57. The van der Waals surface area contributed by atoms with Gasteiger partial charge in [-0.3, -0.25) is 0 Å². The van der Waals surface area contributed by atoms with Crippen LogP contribution in [0.5, 0.6) is 0 Å². The van der Waals surface area contributed by atoms with Crippen LogP contribution in [0, 0.1) is 5.92 Å². The predicted molar refractivity (Wildman–Crippen MR) is 44.2 cm³/mol. The Bertz CT molecular complexity index is 191. The van der Waals surface area contributed by atoms with Crippen LogP contribution >= 0.6 is 0 Å². The fourth-order valence-corrected chi connectivity index (χ4v) is 1.41. The highest BCUT2D eigenvalue weighted by Crippen LogP contribution is 2.19. The van der Waals surface area contributed by atoms with E-state index in [1.165, 1.54) is 0 Å². The molecule has 0 aromatic carbocycles. The van der Waals surface area contributed by atoms with E-state index >= 15 is 0 Å². The Hall–Kier alpha value is -0.860. The molecule has 0 radical (unpaired) electrons. The highest BCUT2D eigenvalue weighted by Gasteiger charge is 2.11. The maximum Gasteiger partial charge on any atom is 0.119 e. The van der Waals surface area contributed by atoms with Crippen molar-refractivity contribution in [1.82, 2.24) is 14.8 Å². The minimum absolute atomic E-state index is 0.546.